The summed E-state index contributed by atoms with van der Waals surface area (Å²) in [5, 5.41) is 163. The number of carbonyl (C=O) groups is 4. The van der Waals surface area contributed by atoms with Gasteiger partial charge in [-0.2, -0.15) is 0 Å². The number of aliphatic carboxylic acids is 1. The highest BCUT2D eigenvalue weighted by Crippen LogP contribution is 2.45. The normalized spacial score (nSPS) is 46.3. The average molecular weight is 1230 g/mol. The Morgan fingerprint density at radius 2 is 1.00 bits per heavy atom. The number of aliphatic hydroxyl groups is 16. The van der Waals surface area contributed by atoms with Gasteiger partial charge in [0.2, 0.25) is 0 Å². The van der Waals surface area contributed by atoms with Crippen molar-refractivity contribution in [2.24, 2.45) is 23.7 Å². The van der Waals surface area contributed by atoms with Crippen LogP contribution in [0.25, 0.3) is 0 Å². The fourth-order valence-corrected chi connectivity index (χ4v) is 12.9. The number of rotatable bonds is 20. The van der Waals surface area contributed by atoms with Crippen molar-refractivity contribution >= 4 is 23.9 Å². The Morgan fingerprint density at radius 1 is 0.482 bits per heavy atom. The minimum Gasteiger partial charge on any atom is -0.481 e. The number of allylic oxidation sites excluding steroid dienone is 2. The number of carboxylic acid groups (broad SMARTS) is 1. The highest BCUT2D eigenvalue weighted by molar-refractivity contribution is 5.90. The molecule has 4 heterocycles. The lowest BCUT2D eigenvalue weighted by Gasteiger charge is -2.51. The molecule has 4 saturated carbocycles. The largest absolute Gasteiger partial charge is 0.481 e. The zero-order valence-corrected chi connectivity index (χ0v) is 46.8. The van der Waals surface area contributed by atoms with Gasteiger partial charge in [0, 0.05) is 38.0 Å². The lowest BCUT2D eigenvalue weighted by Crippen LogP contribution is -2.66. The van der Waals surface area contributed by atoms with Crippen molar-refractivity contribution in [2.45, 2.75) is 243 Å². The van der Waals surface area contributed by atoms with Gasteiger partial charge in [-0.3, -0.25) is 9.59 Å². The van der Waals surface area contributed by atoms with Crippen LogP contribution < -0.4 is 0 Å². The van der Waals surface area contributed by atoms with Crippen molar-refractivity contribution in [1.29, 1.82) is 0 Å². The van der Waals surface area contributed by atoms with E-state index in [2.05, 4.69) is 0 Å². The van der Waals surface area contributed by atoms with E-state index in [1.54, 1.807) is 12.2 Å². The van der Waals surface area contributed by atoms with Crippen molar-refractivity contribution in [3.63, 3.8) is 0 Å². The molecule has 30 heteroatoms. The standard InChI is InChI=1S/C55H84O30/c1-75-33-12-23(4-9-28(33)58)6-11-40(64)76-19-35-43(67)47(71)50(74)54(83-35)85-52-48(72)45(69)37(20-77-39(63)10-5-22-2-7-25(56)8-3-22)84-55(52)81-34-17-27-31(79-51(34)24-13-29(59)42(66)30(60)14-24)15-26(57)16-32(27)80-53-49(73)46(70)44(68)36(82-53)21-78-41(65)18-38(61)62/h5-6,10-11,22-37,42-60,66-74H,2-4,7-9,12-21H2,1H3,(H,61,62)/p+1. The molecule has 8 aliphatic rings. The van der Waals surface area contributed by atoms with Crippen LogP contribution in [0.3, 0.4) is 0 Å². The van der Waals surface area contributed by atoms with Crippen molar-refractivity contribution in [2.75, 3.05) is 26.9 Å². The number of hydrogen-bond acceptors (Lipinski definition) is 28. The molecule has 30 nitrogen and oxygen atoms in total. The summed E-state index contributed by atoms with van der Waals surface area (Å²) in [4.78, 5) is 49.2. The number of ether oxygens (including phenoxy) is 11. The molecule has 0 aromatic heterocycles. The molecule has 26 atom stereocenters. The summed E-state index contributed by atoms with van der Waals surface area (Å²) in [5.74, 6) is -6.23. The molecule has 4 saturated heterocycles. The van der Waals surface area contributed by atoms with Crippen LogP contribution in [0, 0.1) is 23.7 Å². The first-order valence-electron chi connectivity index (χ1n) is 29.1. The molecular formula is C55H85O30+. The Hall–Kier alpha value is -3.52. The molecule has 4 aliphatic carbocycles. The number of carboxylic acids is 1. The third-order valence-electron chi connectivity index (χ3n) is 17.8. The average Bonchev–Trinajstić information content (AvgIpc) is 1.95. The molecule has 8 rings (SSSR count). The molecule has 26 unspecified atom stereocenters. The molecule has 16 N–H and O–H groups in total. The van der Waals surface area contributed by atoms with E-state index in [9.17, 15) is 90.7 Å². The maximum absolute atomic E-state index is 13.1. The summed E-state index contributed by atoms with van der Waals surface area (Å²) in [6, 6.07) is 0. The molecule has 0 amide bonds. The van der Waals surface area contributed by atoms with Gasteiger partial charge >= 0.3 is 23.9 Å². The van der Waals surface area contributed by atoms with Gasteiger partial charge in [-0.15, -0.1) is 0 Å². The van der Waals surface area contributed by atoms with Gasteiger partial charge in [-0.25, -0.2) is 9.59 Å². The zero-order chi connectivity index (χ0) is 61.6. The number of esters is 3. The molecule has 484 valence electrons. The third-order valence-corrected chi connectivity index (χ3v) is 17.8. The quantitative estimate of drug-likeness (QED) is 0.0177. The summed E-state index contributed by atoms with van der Waals surface area (Å²) >= 11 is 0. The Morgan fingerprint density at radius 3 is 1.58 bits per heavy atom. The van der Waals surface area contributed by atoms with Crippen molar-refractivity contribution < 1.29 is 148 Å². The smallest absolute Gasteiger partial charge is 0.330 e. The molecular weight excluding hydrogens is 1140 g/mol. The lowest BCUT2D eigenvalue weighted by molar-refractivity contribution is -0.390. The topological polar surface area (TPSA) is 477 Å². The van der Waals surface area contributed by atoms with E-state index < -0.39 is 221 Å². The second-order valence-corrected chi connectivity index (χ2v) is 23.8. The number of carbonyl (C=O) groups excluding carboxylic acids is 3. The van der Waals surface area contributed by atoms with E-state index in [0.717, 1.165) is 6.08 Å². The minimum atomic E-state index is -2.10. The first-order valence-corrected chi connectivity index (χ1v) is 29.1. The number of hydrogen-bond donors (Lipinski definition) is 15. The number of methoxy groups -OCH3 is 1. The van der Waals surface area contributed by atoms with Crippen molar-refractivity contribution in [1.82, 2.24) is 0 Å². The van der Waals surface area contributed by atoms with Crippen LogP contribution in [-0.2, 0) is 66.5 Å². The van der Waals surface area contributed by atoms with E-state index >= 15 is 0 Å². The van der Waals surface area contributed by atoms with Crippen molar-refractivity contribution in [3.8, 4) is 0 Å². The monoisotopic (exact) mass is 1230 g/mol. The number of aliphatic hydroxyl groups excluding tert-OH is 14. The van der Waals surface area contributed by atoms with Crippen LogP contribution in [0.1, 0.15) is 83.5 Å². The van der Waals surface area contributed by atoms with Gasteiger partial charge in [0.15, 0.2) is 31.1 Å². The minimum absolute atomic E-state index is 0.00507. The number of fused-ring (bicyclic) bond motifs is 1. The predicted octanol–water partition coefficient (Wildman–Crippen LogP) is -5.92. The van der Waals surface area contributed by atoms with Crippen LogP contribution >= 0.6 is 0 Å². The van der Waals surface area contributed by atoms with E-state index in [1.165, 1.54) is 13.2 Å². The van der Waals surface area contributed by atoms with E-state index in [1.807, 2.05) is 0 Å². The van der Waals surface area contributed by atoms with E-state index in [-0.39, 0.29) is 43.9 Å². The van der Waals surface area contributed by atoms with Crippen LogP contribution in [0.5, 0.6) is 0 Å². The lowest BCUT2D eigenvalue weighted by atomic mass is 9.72. The van der Waals surface area contributed by atoms with Crippen LogP contribution in [-0.4, -0.2) is 291 Å². The second-order valence-electron chi connectivity index (χ2n) is 23.8. The summed E-state index contributed by atoms with van der Waals surface area (Å²) < 4.78 is 63.4. The molecule has 0 bridgehead atoms. The highest BCUT2D eigenvalue weighted by Gasteiger charge is 2.59. The second kappa shape index (κ2) is 30.3. The summed E-state index contributed by atoms with van der Waals surface area (Å²) in [6.07, 6.45) is -32.2. The summed E-state index contributed by atoms with van der Waals surface area (Å²) in [5.41, 5.74) is 0. The van der Waals surface area contributed by atoms with Gasteiger partial charge in [0.1, 0.15) is 112 Å². The predicted molar refractivity (Wildman–Crippen MR) is 278 cm³/mol. The van der Waals surface area contributed by atoms with E-state index in [4.69, 9.17) is 57.2 Å². The maximum Gasteiger partial charge on any atom is 0.330 e. The molecule has 85 heavy (non-hydrogen) atoms. The fraction of sp³-hybridized carbons (Fsp3) is 0.855. The molecule has 4 aliphatic heterocycles. The summed E-state index contributed by atoms with van der Waals surface area (Å²) in [6.45, 7) is -2.19. The Kier molecular flexibility index (Phi) is 24.1. The van der Waals surface area contributed by atoms with Crippen LogP contribution in [0.4, 0.5) is 0 Å². The van der Waals surface area contributed by atoms with Gasteiger partial charge in [0.05, 0.1) is 48.6 Å². The van der Waals surface area contributed by atoms with Crippen molar-refractivity contribution in [3.05, 3.63) is 24.3 Å². The van der Waals surface area contributed by atoms with Gasteiger partial charge in [-0.1, -0.05) is 12.2 Å². The Balaban J connectivity index is 1.05. The first kappa shape index (κ1) is 67.4. The Labute approximate surface area is 488 Å². The zero-order valence-electron chi connectivity index (χ0n) is 46.8. The van der Waals surface area contributed by atoms with E-state index in [0.29, 0.717) is 44.9 Å². The molecule has 0 aromatic rings. The molecule has 0 spiro atoms. The van der Waals surface area contributed by atoms with Crippen LogP contribution in [0.2, 0.25) is 0 Å². The van der Waals surface area contributed by atoms with Gasteiger partial charge in [-0.05, 0) is 76.0 Å². The molecule has 8 fully saturated rings. The SMILES string of the molecule is COC1CC(C=CC(=O)OCC2OC(OC3C(OC4CC5C(OC6OC(COC(=O)CC(=O)O)C(O)C(O)C6O)CC(O)CC5[OH+]C4C4CC(O)C(O)C(O)C4)OC(COC(=O)C=CC4CCC(O)CC4)C(O)C3O)C(O)C(O)C2O)CCC1O. The Bertz CT molecular complexity index is 2220. The molecule has 0 aromatic carbocycles. The van der Waals surface area contributed by atoms with Gasteiger partial charge in [0.25, 0.3) is 0 Å². The maximum atomic E-state index is 13.1. The third kappa shape index (κ3) is 17.1. The molecule has 0 radical (unpaired) electrons. The summed E-state index contributed by atoms with van der Waals surface area (Å²) in [7, 11) is 1.46. The fourth-order valence-electron chi connectivity index (χ4n) is 12.9. The van der Waals surface area contributed by atoms with Crippen LogP contribution in [0.15, 0.2) is 24.3 Å². The first-order chi connectivity index (χ1) is 40.4. The highest BCUT2D eigenvalue weighted by atomic mass is 16.8. The van der Waals surface area contributed by atoms with Gasteiger partial charge < -0.3 is 129 Å².